The van der Waals surface area contributed by atoms with Gasteiger partial charge in [0.2, 0.25) is 0 Å². The normalized spacial score (nSPS) is 12.2. The Hall–Kier alpha value is -1.58. The minimum Gasteiger partial charge on any atom is -0.478 e. The average molecular weight is 222 g/mol. The van der Waals surface area contributed by atoms with Crippen LogP contribution in [0.25, 0.3) is 0 Å². The minimum atomic E-state index is -0.913. The van der Waals surface area contributed by atoms with Crippen LogP contribution in [0.15, 0.2) is 12.1 Å². The summed E-state index contributed by atoms with van der Waals surface area (Å²) in [6.45, 7) is 6.07. The first-order valence-corrected chi connectivity index (χ1v) is 5.57. The number of hydrogen-bond acceptors (Lipinski definition) is 3. The highest BCUT2D eigenvalue weighted by molar-refractivity contribution is 5.88. The summed E-state index contributed by atoms with van der Waals surface area (Å²) in [4.78, 5) is 15.3. The molecule has 0 aliphatic heterocycles. The monoisotopic (exact) mass is 222 g/mol. The van der Waals surface area contributed by atoms with Gasteiger partial charge in [-0.25, -0.2) is 9.78 Å². The summed E-state index contributed by atoms with van der Waals surface area (Å²) in [5.41, 5.74) is 1.09. The van der Waals surface area contributed by atoms with Crippen LogP contribution in [-0.4, -0.2) is 22.1 Å². The van der Waals surface area contributed by atoms with Gasteiger partial charge in [0.05, 0.1) is 5.56 Å². The van der Waals surface area contributed by atoms with Gasteiger partial charge in [-0.1, -0.05) is 13.8 Å². The molecule has 0 aliphatic rings. The SMILES string of the molecule is CCc1cc(C(=O)O)cc(NC(C)CC)n1. The van der Waals surface area contributed by atoms with Crippen LogP contribution < -0.4 is 5.32 Å². The zero-order chi connectivity index (χ0) is 12.1. The lowest BCUT2D eigenvalue weighted by atomic mass is 10.2. The topological polar surface area (TPSA) is 62.2 Å². The van der Waals surface area contributed by atoms with E-state index in [-0.39, 0.29) is 5.56 Å². The van der Waals surface area contributed by atoms with Crippen molar-refractivity contribution in [2.24, 2.45) is 0 Å². The van der Waals surface area contributed by atoms with Gasteiger partial charge >= 0.3 is 5.97 Å². The number of nitrogens with one attached hydrogen (secondary N) is 1. The third kappa shape index (κ3) is 3.22. The van der Waals surface area contributed by atoms with Crippen LogP contribution in [0.3, 0.4) is 0 Å². The Labute approximate surface area is 95.7 Å². The third-order valence-electron chi connectivity index (χ3n) is 2.49. The molecule has 0 aromatic carbocycles. The Morgan fingerprint density at radius 1 is 1.50 bits per heavy atom. The minimum absolute atomic E-state index is 0.289. The Morgan fingerprint density at radius 2 is 2.19 bits per heavy atom. The molecule has 4 heteroatoms. The van der Waals surface area contributed by atoms with Gasteiger partial charge < -0.3 is 10.4 Å². The van der Waals surface area contributed by atoms with Crippen LogP contribution in [-0.2, 0) is 6.42 Å². The first-order valence-electron chi connectivity index (χ1n) is 5.57. The van der Waals surface area contributed by atoms with E-state index in [1.807, 2.05) is 13.8 Å². The maximum absolute atomic E-state index is 10.9. The van der Waals surface area contributed by atoms with Crippen molar-refractivity contribution in [2.45, 2.75) is 39.7 Å². The lowest BCUT2D eigenvalue weighted by molar-refractivity contribution is 0.0696. The molecule has 0 fully saturated rings. The molecule has 0 spiro atoms. The van der Waals surface area contributed by atoms with Gasteiger partial charge in [-0.05, 0) is 31.9 Å². The second-order valence-corrected chi connectivity index (χ2v) is 3.84. The van der Waals surface area contributed by atoms with Gasteiger partial charge in [-0.15, -0.1) is 0 Å². The molecule has 1 rings (SSSR count). The Kier molecular flexibility index (Phi) is 4.28. The number of aromatic carboxylic acids is 1. The fourth-order valence-electron chi connectivity index (χ4n) is 1.32. The van der Waals surface area contributed by atoms with Gasteiger partial charge in [0, 0.05) is 11.7 Å². The molecular weight excluding hydrogens is 204 g/mol. The van der Waals surface area contributed by atoms with Gasteiger partial charge in [-0.3, -0.25) is 0 Å². The highest BCUT2D eigenvalue weighted by Crippen LogP contribution is 2.13. The molecule has 88 valence electrons. The molecule has 0 saturated carbocycles. The highest BCUT2D eigenvalue weighted by Gasteiger charge is 2.08. The predicted octanol–water partition coefficient (Wildman–Crippen LogP) is 2.55. The summed E-state index contributed by atoms with van der Waals surface area (Å²) in [7, 11) is 0. The summed E-state index contributed by atoms with van der Waals surface area (Å²) >= 11 is 0. The van der Waals surface area contributed by atoms with E-state index in [1.54, 1.807) is 12.1 Å². The number of anilines is 1. The van der Waals surface area contributed by atoms with E-state index in [0.29, 0.717) is 11.9 Å². The molecule has 1 unspecified atom stereocenters. The van der Waals surface area contributed by atoms with E-state index in [2.05, 4.69) is 17.2 Å². The van der Waals surface area contributed by atoms with Crippen molar-refractivity contribution in [3.05, 3.63) is 23.4 Å². The van der Waals surface area contributed by atoms with Crippen LogP contribution in [0.2, 0.25) is 0 Å². The summed E-state index contributed by atoms with van der Waals surface area (Å²) in [5, 5.41) is 12.2. The molecule has 16 heavy (non-hydrogen) atoms. The lowest BCUT2D eigenvalue weighted by Gasteiger charge is -2.13. The predicted molar refractivity (Wildman–Crippen MR) is 64.0 cm³/mol. The van der Waals surface area contributed by atoms with Crippen LogP contribution in [0.1, 0.15) is 43.2 Å². The lowest BCUT2D eigenvalue weighted by Crippen LogP contribution is -2.15. The van der Waals surface area contributed by atoms with Gasteiger partial charge in [0.15, 0.2) is 0 Å². The maximum Gasteiger partial charge on any atom is 0.335 e. The zero-order valence-corrected chi connectivity index (χ0v) is 9.95. The second-order valence-electron chi connectivity index (χ2n) is 3.84. The molecule has 0 aliphatic carbocycles. The summed E-state index contributed by atoms with van der Waals surface area (Å²) < 4.78 is 0. The maximum atomic E-state index is 10.9. The van der Waals surface area contributed by atoms with Crippen LogP contribution in [0, 0.1) is 0 Å². The highest BCUT2D eigenvalue weighted by atomic mass is 16.4. The molecule has 4 nitrogen and oxygen atoms in total. The molecule has 1 atom stereocenters. The van der Waals surface area contributed by atoms with Crippen molar-refractivity contribution >= 4 is 11.8 Å². The van der Waals surface area contributed by atoms with Crippen molar-refractivity contribution in [3.8, 4) is 0 Å². The third-order valence-corrected chi connectivity index (χ3v) is 2.49. The van der Waals surface area contributed by atoms with E-state index < -0.39 is 5.97 Å². The number of carboxylic acid groups (broad SMARTS) is 1. The average Bonchev–Trinajstić information content (AvgIpc) is 2.28. The molecule has 0 bridgehead atoms. The number of aromatic nitrogens is 1. The van der Waals surface area contributed by atoms with Gasteiger partial charge in [-0.2, -0.15) is 0 Å². The molecular formula is C12H18N2O2. The fraction of sp³-hybridized carbons (Fsp3) is 0.500. The largest absolute Gasteiger partial charge is 0.478 e. The van der Waals surface area contributed by atoms with E-state index in [0.717, 1.165) is 18.5 Å². The molecule has 1 aromatic heterocycles. The smallest absolute Gasteiger partial charge is 0.335 e. The number of aryl methyl sites for hydroxylation is 1. The molecule has 0 amide bonds. The Balaban J connectivity index is 2.99. The van der Waals surface area contributed by atoms with Crippen molar-refractivity contribution in [2.75, 3.05) is 5.32 Å². The van der Waals surface area contributed by atoms with Crippen molar-refractivity contribution < 1.29 is 9.90 Å². The number of rotatable bonds is 5. The van der Waals surface area contributed by atoms with Gasteiger partial charge in [0.25, 0.3) is 0 Å². The molecule has 2 N–H and O–H groups in total. The number of carboxylic acids is 1. The van der Waals surface area contributed by atoms with Crippen LogP contribution in [0.5, 0.6) is 0 Å². The molecule has 0 saturated heterocycles. The summed E-state index contributed by atoms with van der Waals surface area (Å²) in [6.07, 6.45) is 1.71. The van der Waals surface area contributed by atoms with Crippen LogP contribution in [0.4, 0.5) is 5.82 Å². The van der Waals surface area contributed by atoms with Crippen molar-refractivity contribution in [1.29, 1.82) is 0 Å². The Bertz CT molecular complexity index is 377. The number of carbonyl (C=O) groups is 1. The standard InChI is InChI=1S/C12H18N2O2/c1-4-8(3)13-11-7-9(12(15)16)6-10(5-2)14-11/h6-8H,4-5H2,1-3H3,(H,13,14)(H,15,16). The summed E-state index contributed by atoms with van der Waals surface area (Å²) in [5.74, 6) is -0.268. The molecule has 0 radical (unpaired) electrons. The van der Waals surface area contributed by atoms with E-state index in [1.165, 1.54) is 0 Å². The van der Waals surface area contributed by atoms with Crippen LogP contribution >= 0.6 is 0 Å². The van der Waals surface area contributed by atoms with E-state index in [4.69, 9.17) is 5.11 Å². The first kappa shape index (κ1) is 12.5. The number of hydrogen-bond donors (Lipinski definition) is 2. The quantitative estimate of drug-likeness (QED) is 0.803. The first-order chi connectivity index (χ1) is 7.56. The fourth-order valence-corrected chi connectivity index (χ4v) is 1.32. The molecule has 1 aromatic rings. The number of pyridine rings is 1. The number of nitrogens with zero attached hydrogens (tertiary/aromatic N) is 1. The van der Waals surface area contributed by atoms with Gasteiger partial charge in [0.1, 0.15) is 5.82 Å². The zero-order valence-electron chi connectivity index (χ0n) is 9.95. The Morgan fingerprint density at radius 3 is 2.69 bits per heavy atom. The van der Waals surface area contributed by atoms with E-state index in [9.17, 15) is 4.79 Å². The van der Waals surface area contributed by atoms with Crippen molar-refractivity contribution in [3.63, 3.8) is 0 Å². The van der Waals surface area contributed by atoms with E-state index >= 15 is 0 Å². The molecule has 1 heterocycles. The van der Waals surface area contributed by atoms with Crippen molar-refractivity contribution in [1.82, 2.24) is 4.98 Å². The summed E-state index contributed by atoms with van der Waals surface area (Å²) in [6, 6.07) is 3.49. The second kappa shape index (κ2) is 5.49.